The summed E-state index contributed by atoms with van der Waals surface area (Å²) >= 11 is 2.57. The molecule has 0 aliphatic carbocycles. The van der Waals surface area contributed by atoms with Crippen LogP contribution in [-0.2, 0) is 11.2 Å². The average Bonchev–Trinajstić information content (AvgIpc) is 2.79. The Balaban J connectivity index is 2.12. The minimum absolute atomic E-state index is 0.0260. The van der Waals surface area contributed by atoms with Gasteiger partial charge in [-0.2, -0.15) is 11.8 Å². The van der Waals surface area contributed by atoms with Crippen LogP contribution in [0.4, 0.5) is 0 Å². The zero-order chi connectivity index (χ0) is 16.2. The van der Waals surface area contributed by atoms with Gasteiger partial charge in [0.1, 0.15) is 5.58 Å². The van der Waals surface area contributed by atoms with Gasteiger partial charge in [0.15, 0.2) is 0 Å². The number of carbonyl (C=O) groups is 1. The summed E-state index contributed by atoms with van der Waals surface area (Å²) in [4.78, 5) is 22.6. The largest absolute Gasteiger partial charge is 0.414 e. The molecule has 0 aliphatic rings. The molecular weight excluding hydrogens is 318 g/mol. The van der Waals surface area contributed by atoms with Crippen LogP contribution >= 0.6 is 23.1 Å². The lowest BCUT2D eigenvalue weighted by atomic mass is 10.1. The summed E-state index contributed by atoms with van der Waals surface area (Å²) in [6, 6.07) is 5.55. The van der Waals surface area contributed by atoms with Gasteiger partial charge in [0.2, 0.25) is 5.91 Å². The number of thioether (sulfide) groups is 1. The molecule has 22 heavy (non-hydrogen) atoms. The Morgan fingerprint density at radius 1 is 1.45 bits per heavy atom. The van der Waals surface area contributed by atoms with Crippen LogP contribution in [0.25, 0.3) is 10.3 Å². The first-order chi connectivity index (χ1) is 10.4. The molecule has 2 aromatic rings. The minimum atomic E-state index is -0.579. The van der Waals surface area contributed by atoms with Crippen molar-refractivity contribution in [3.63, 3.8) is 0 Å². The van der Waals surface area contributed by atoms with Crippen LogP contribution in [0.1, 0.15) is 19.4 Å². The van der Waals surface area contributed by atoms with Gasteiger partial charge in [-0.1, -0.05) is 35.3 Å². The van der Waals surface area contributed by atoms with E-state index in [0.29, 0.717) is 17.8 Å². The third-order valence-electron chi connectivity index (χ3n) is 2.85. The standard InChI is InChI=1S/C16H17NO3S2/c1-16(2,17-13(18)10-21-3)9-5-7-11-6-4-8-12-14(11)22-15(19)20-12/h4,6,8H,7,10H2,1-3H3,(H,17,18). The van der Waals surface area contributed by atoms with E-state index >= 15 is 0 Å². The van der Waals surface area contributed by atoms with Gasteiger partial charge >= 0.3 is 4.94 Å². The van der Waals surface area contributed by atoms with Gasteiger partial charge < -0.3 is 9.73 Å². The molecule has 0 saturated heterocycles. The van der Waals surface area contributed by atoms with Crippen molar-refractivity contribution in [1.29, 1.82) is 0 Å². The van der Waals surface area contributed by atoms with Crippen molar-refractivity contribution in [2.45, 2.75) is 25.8 Å². The molecule has 0 unspecified atom stereocenters. The lowest BCUT2D eigenvalue weighted by Gasteiger charge is -2.19. The number of rotatable bonds is 4. The highest BCUT2D eigenvalue weighted by atomic mass is 32.2. The van der Waals surface area contributed by atoms with Crippen molar-refractivity contribution in [1.82, 2.24) is 5.32 Å². The average molecular weight is 335 g/mol. The van der Waals surface area contributed by atoms with E-state index in [-0.39, 0.29) is 10.8 Å². The fourth-order valence-corrected chi connectivity index (χ4v) is 3.11. The number of amides is 1. The fraction of sp³-hybridized carbons (Fsp3) is 0.375. The van der Waals surface area contributed by atoms with E-state index in [9.17, 15) is 9.59 Å². The number of hydrogen-bond donors (Lipinski definition) is 1. The third kappa shape index (κ3) is 4.39. The van der Waals surface area contributed by atoms with Gasteiger partial charge in [-0.15, -0.1) is 0 Å². The number of fused-ring (bicyclic) bond motifs is 1. The summed E-state index contributed by atoms with van der Waals surface area (Å²) in [5, 5.41) is 2.89. The first-order valence-electron chi connectivity index (χ1n) is 6.73. The van der Waals surface area contributed by atoms with E-state index in [1.807, 2.05) is 32.2 Å². The van der Waals surface area contributed by atoms with Crippen LogP contribution in [0.2, 0.25) is 0 Å². The summed E-state index contributed by atoms with van der Waals surface area (Å²) in [6.07, 6.45) is 2.39. The second-order valence-electron chi connectivity index (χ2n) is 5.28. The molecule has 6 heteroatoms. The molecule has 116 valence electrons. The first-order valence-corrected chi connectivity index (χ1v) is 8.94. The molecule has 1 aromatic heterocycles. The number of hydrogen-bond acceptors (Lipinski definition) is 5. The van der Waals surface area contributed by atoms with E-state index in [0.717, 1.165) is 21.6 Å². The molecule has 4 nitrogen and oxygen atoms in total. The van der Waals surface area contributed by atoms with Gasteiger partial charge in [-0.25, -0.2) is 4.79 Å². The van der Waals surface area contributed by atoms with Crippen LogP contribution in [0.3, 0.4) is 0 Å². The molecule has 1 heterocycles. The van der Waals surface area contributed by atoms with Gasteiger partial charge in [-0.3, -0.25) is 4.79 Å². The number of nitrogens with one attached hydrogen (secondary N) is 1. The van der Waals surface area contributed by atoms with Crippen LogP contribution in [0, 0.1) is 11.8 Å². The molecule has 0 aliphatic heterocycles. The molecule has 0 bridgehead atoms. The maximum Gasteiger partial charge on any atom is 0.396 e. The van der Waals surface area contributed by atoms with Gasteiger partial charge in [-0.05, 0) is 31.7 Å². The zero-order valence-corrected chi connectivity index (χ0v) is 14.3. The highest BCUT2D eigenvalue weighted by Crippen LogP contribution is 2.21. The summed E-state index contributed by atoms with van der Waals surface area (Å²) in [5.74, 6) is 6.55. The molecule has 1 N–H and O–H groups in total. The normalized spacial score (nSPS) is 11.0. The molecule has 0 atom stereocenters. The lowest BCUT2D eigenvalue weighted by molar-refractivity contribution is -0.119. The molecule has 2 rings (SSSR count). The van der Waals surface area contributed by atoms with Gasteiger partial charge in [0.25, 0.3) is 0 Å². The highest BCUT2D eigenvalue weighted by molar-refractivity contribution is 7.99. The highest BCUT2D eigenvalue weighted by Gasteiger charge is 2.16. The predicted octanol–water partition coefficient (Wildman–Crippen LogP) is 2.66. The molecule has 1 amide bonds. The Morgan fingerprint density at radius 2 is 2.23 bits per heavy atom. The monoisotopic (exact) mass is 335 g/mol. The summed E-state index contributed by atoms with van der Waals surface area (Å²) in [6.45, 7) is 3.74. The molecule has 0 saturated carbocycles. The van der Waals surface area contributed by atoms with Crippen molar-refractivity contribution in [2.75, 3.05) is 12.0 Å². The van der Waals surface area contributed by atoms with Gasteiger partial charge in [0, 0.05) is 6.42 Å². The second kappa shape index (κ2) is 7.03. The number of carbonyl (C=O) groups excluding carboxylic acids is 1. The third-order valence-corrected chi connectivity index (χ3v) is 4.31. The van der Waals surface area contributed by atoms with E-state index in [1.54, 1.807) is 6.07 Å². The maximum atomic E-state index is 11.6. The molecular formula is C16H17NO3S2. The first kappa shape index (κ1) is 16.7. The Bertz CT molecular complexity index is 793. The van der Waals surface area contributed by atoms with Crippen molar-refractivity contribution < 1.29 is 9.21 Å². The van der Waals surface area contributed by atoms with Crippen molar-refractivity contribution in [3.8, 4) is 11.8 Å². The topological polar surface area (TPSA) is 59.3 Å². The molecule has 1 aromatic carbocycles. The second-order valence-corrected chi connectivity index (χ2v) is 7.09. The number of benzene rings is 1. The van der Waals surface area contributed by atoms with Crippen molar-refractivity contribution in [2.24, 2.45) is 0 Å². The quantitative estimate of drug-likeness (QED) is 0.873. The smallest absolute Gasteiger partial charge is 0.396 e. The Kier molecular flexibility index (Phi) is 5.33. The van der Waals surface area contributed by atoms with E-state index in [4.69, 9.17) is 4.42 Å². The summed E-state index contributed by atoms with van der Waals surface area (Å²) < 4.78 is 5.93. The van der Waals surface area contributed by atoms with Crippen molar-refractivity contribution in [3.05, 3.63) is 33.5 Å². The molecule has 0 fully saturated rings. The minimum Gasteiger partial charge on any atom is -0.414 e. The van der Waals surface area contributed by atoms with Crippen molar-refractivity contribution >= 4 is 39.3 Å². The van der Waals surface area contributed by atoms with Crippen LogP contribution in [-0.4, -0.2) is 23.5 Å². The Labute approximate surface area is 137 Å². The van der Waals surface area contributed by atoms with Gasteiger partial charge in [0.05, 0.1) is 16.0 Å². The lowest BCUT2D eigenvalue weighted by Crippen LogP contribution is -2.43. The summed E-state index contributed by atoms with van der Waals surface area (Å²) in [7, 11) is 0. The Morgan fingerprint density at radius 3 is 2.95 bits per heavy atom. The Hall–Kier alpha value is -1.71. The van der Waals surface area contributed by atoms with Crippen LogP contribution in [0.15, 0.2) is 27.4 Å². The van der Waals surface area contributed by atoms with Crippen LogP contribution < -0.4 is 10.3 Å². The van der Waals surface area contributed by atoms with Crippen LogP contribution in [0.5, 0.6) is 0 Å². The summed E-state index contributed by atoms with van der Waals surface area (Å²) in [5.41, 5.74) is 0.985. The zero-order valence-electron chi connectivity index (χ0n) is 12.7. The predicted molar refractivity (Wildman–Crippen MR) is 92.4 cm³/mol. The van der Waals surface area contributed by atoms with E-state index < -0.39 is 5.54 Å². The fourth-order valence-electron chi connectivity index (χ4n) is 2.00. The SMILES string of the molecule is CSCC(=O)NC(C)(C)C#CCc1cccc2oc(=O)sc12. The molecule has 0 spiro atoms. The molecule has 0 radical (unpaired) electrons. The van der Waals surface area contributed by atoms with E-state index in [1.165, 1.54) is 11.8 Å². The van der Waals surface area contributed by atoms with E-state index in [2.05, 4.69) is 17.2 Å². The maximum absolute atomic E-state index is 11.6.